The fourth-order valence-corrected chi connectivity index (χ4v) is 9.69. The number of nitrogens with one attached hydrogen (secondary N) is 1. The molecule has 0 aliphatic heterocycles. The van der Waals surface area contributed by atoms with Crippen LogP contribution in [0.25, 0.3) is 0 Å². The lowest BCUT2D eigenvalue weighted by Crippen LogP contribution is -2.45. The van der Waals surface area contributed by atoms with E-state index < -0.39 is 12.1 Å². The van der Waals surface area contributed by atoms with Crippen LogP contribution in [0.3, 0.4) is 0 Å². The molecule has 408 valence electrons. The first-order valence-electron chi connectivity index (χ1n) is 31.1. The van der Waals surface area contributed by atoms with Crippen molar-refractivity contribution in [3.05, 3.63) is 24.3 Å². The number of unbranched alkanes of at least 4 members (excludes halogenated alkanes) is 45. The molecule has 0 aromatic heterocycles. The molecule has 6 heteroatoms. The summed E-state index contributed by atoms with van der Waals surface area (Å²) in [5.74, 6) is -0.0529. The second kappa shape index (κ2) is 58.9. The Morgan fingerprint density at radius 2 is 0.681 bits per heavy atom. The van der Waals surface area contributed by atoms with Crippen LogP contribution in [0.1, 0.15) is 341 Å². The van der Waals surface area contributed by atoms with Crippen LogP contribution < -0.4 is 5.32 Å². The van der Waals surface area contributed by atoms with Gasteiger partial charge in [0.05, 0.1) is 25.4 Å². The average Bonchev–Trinajstić information content (AvgIpc) is 3.35. The number of ether oxygens (including phenoxy) is 1. The zero-order valence-electron chi connectivity index (χ0n) is 46.6. The number of aliphatic hydroxyl groups excluding tert-OH is 2. The van der Waals surface area contributed by atoms with Crippen molar-refractivity contribution in [1.29, 1.82) is 0 Å². The fraction of sp³-hybridized carbons (Fsp3) is 0.905. The average molecular weight is 973 g/mol. The van der Waals surface area contributed by atoms with Crippen LogP contribution in [-0.4, -0.2) is 47.4 Å². The third-order valence-electron chi connectivity index (χ3n) is 14.5. The lowest BCUT2D eigenvalue weighted by molar-refractivity contribution is -0.143. The Kier molecular flexibility index (Phi) is 57.5. The van der Waals surface area contributed by atoms with Gasteiger partial charge in [0.25, 0.3) is 0 Å². The summed E-state index contributed by atoms with van der Waals surface area (Å²) in [7, 11) is 0. The molecule has 0 aromatic rings. The topological polar surface area (TPSA) is 95.9 Å². The van der Waals surface area contributed by atoms with Gasteiger partial charge in [0.2, 0.25) is 5.91 Å². The van der Waals surface area contributed by atoms with Gasteiger partial charge in [-0.15, -0.1) is 0 Å². The molecule has 0 saturated carbocycles. The molecule has 0 rings (SSSR count). The molecule has 0 spiro atoms. The van der Waals surface area contributed by atoms with Gasteiger partial charge < -0.3 is 20.3 Å². The number of allylic oxidation sites excluding steroid dienone is 3. The van der Waals surface area contributed by atoms with Crippen molar-refractivity contribution in [1.82, 2.24) is 5.32 Å². The minimum atomic E-state index is -0.844. The van der Waals surface area contributed by atoms with E-state index in [0.717, 1.165) is 38.5 Å². The summed E-state index contributed by atoms with van der Waals surface area (Å²) in [6.45, 7) is 4.91. The van der Waals surface area contributed by atoms with Gasteiger partial charge in [-0.05, 0) is 57.8 Å². The Bertz CT molecular complexity index is 1080. The largest absolute Gasteiger partial charge is 0.466 e. The summed E-state index contributed by atoms with van der Waals surface area (Å²) in [4.78, 5) is 24.4. The molecule has 3 N–H and O–H groups in total. The second-order valence-corrected chi connectivity index (χ2v) is 21.4. The molecule has 1 amide bonds. The number of rotatable bonds is 58. The van der Waals surface area contributed by atoms with Crippen LogP contribution in [0.2, 0.25) is 0 Å². The van der Waals surface area contributed by atoms with E-state index in [-0.39, 0.29) is 18.5 Å². The molecular weight excluding hydrogens is 851 g/mol. The SMILES string of the molecule is CCCCCCCCCCCCCC/C=C/C(O)C(CO)NC(=O)CCCCCCCCCCCCC/C=C\CCCCCCCCCCCCCCOC(=O)CCCCCCCCCCCCC. The quantitative estimate of drug-likeness (QED) is 0.0321. The summed E-state index contributed by atoms with van der Waals surface area (Å²) in [5.41, 5.74) is 0. The molecule has 6 nitrogen and oxygen atoms in total. The van der Waals surface area contributed by atoms with Gasteiger partial charge >= 0.3 is 5.97 Å². The monoisotopic (exact) mass is 972 g/mol. The molecule has 2 unspecified atom stereocenters. The van der Waals surface area contributed by atoms with Crippen molar-refractivity contribution >= 4 is 11.9 Å². The van der Waals surface area contributed by atoms with Gasteiger partial charge in [0, 0.05) is 12.8 Å². The maximum absolute atomic E-state index is 12.5. The number of hydrogen-bond donors (Lipinski definition) is 3. The van der Waals surface area contributed by atoms with E-state index in [1.54, 1.807) is 6.08 Å². The molecule has 0 aliphatic rings. The highest BCUT2D eigenvalue weighted by Crippen LogP contribution is 2.17. The second-order valence-electron chi connectivity index (χ2n) is 21.4. The van der Waals surface area contributed by atoms with Gasteiger partial charge in [-0.1, -0.05) is 295 Å². The number of aliphatic hydroxyl groups is 2. The van der Waals surface area contributed by atoms with Crippen LogP contribution in [0.5, 0.6) is 0 Å². The lowest BCUT2D eigenvalue weighted by Gasteiger charge is -2.20. The first kappa shape index (κ1) is 67.3. The maximum Gasteiger partial charge on any atom is 0.305 e. The Morgan fingerprint density at radius 1 is 0.391 bits per heavy atom. The zero-order valence-corrected chi connectivity index (χ0v) is 46.6. The van der Waals surface area contributed by atoms with E-state index >= 15 is 0 Å². The molecule has 0 fully saturated rings. The van der Waals surface area contributed by atoms with Crippen molar-refractivity contribution in [3.8, 4) is 0 Å². The van der Waals surface area contributed by atoms with Crippen molar-refractivity contribution in [2.45, 2.75) is 353 Å². The van der Waals surface area contributed by atoms with Gasteiger partial charge in [0.1, 0.15) is 0 Å². The van der Waals surface area contributed by atoms with Gasteiger partial charge in [0.15, 0.2) is 0 Å². The third-order valence-corrected chi connectivity index (χ3v) is 14.5. The van der Waals surface area contributed by atoms with Crippen molar-refractivity contribution in [3.63, 3.8) is 0 Å². The van der Waals surface area contributed by atoms with Crippen molar-refractivity contribution < 1.29 is 24.5 Å². The molecule has 0 heterocycles. The first-order chi connectivity index (χ1) is 34.0. The predicted molar refractivity (Wildman–Crippen MR) is 301 cm³/mol. The van der Waals surface area contributed by atoms with Crippen LogP contribution in [0.4, 0.5) is 0 Å². The van der Waals surface area contributed by atoms with Crippen LogP contribution in [-0.2, 0) is 14.3 Å². The van der Waals surface area contributed by atoms with Gasteiger partial charge in [-0.3, -0.25) is 9.59 Å². The van der Waals surface area contributed by atoms with Crippen LogP contribution in [0.15, 0.2) is 24.3 Å². The third kappa shape index (κ3) is 55.5. The van der Waals surface area contributed by atoms with Crippen LogP contribution in [0, 0.1) is 0 Å². The Morgan fingerprint density at radius 3 is 1.03 bits per heavy atom. The molecule has 0 bridgehead atoms. The standard InChI is InChI=1S/C63H121NO5/c1-3-5-7-9-11-13-15-16-32-36-39-43-47-51-55-61(66)60(59-65)64-62(67)56-52-48-44-40-37-33-30-28-26-24-22-20-18-17-19-21-23-25-27-29-31-34-38-42-46-50-54-58-69-63(68)57-53-49-45-41-35-14-12-10-8-6-4-2/h17-18,51,55,60-61,65-66H,3-16,19-50,52-54,56-59H2,1-2H3,(H,64,67)/b18-17-,55-51+. The van der Waals surface area contributed by atoms with E-state index in [0.29, 0.717) is 19.4 Å². The highest BCUT2D eigenvalue weighted by molar-refractivity contribution is 5.76. The Balaban J connectivity index is 3.40. The molecule has 0 radical (unpaired) electrons. The summed E-state index contributed by atoms with van der Waals surface area (Å²) < 4.78 is 5.47. The van der Waals surface area contributed by atoms with Crippen molar-refractivity contribution in [2.24, 2.45) is 0 Å². The smallest absolute Gasteiger partial charge is 0.305 e. The van der Waals surface area contributed by atoms with E-state index in [2.05, 4.69) is 31.3 Å². The summed E-state index contributed by atoms with van der Waals surface area (Å²) in [6, 6.07) is -0.627. The highest BCUT2D eigenvalue weighted by atomic mass is 16.5. The number of carbonyl (C=O) groups is 2. The number of amides is 1. The maximum atomic E-state index is 12.5. The molecule has 69 heavy (non-hydrogen) atoms. The minimum Gasteiger partial charge on any atom is -0.466 e. The van der Waals surface area contributed by atoms with Gasteiger partial charge in [-0.25, -0.2) is 0 Å². The summed E-state index contributed by atoms with van der Waals surface area (Å²) >= 11 is 0. The molecule has 0 aliphatic carbocycles. The van der Waals surface area contributed by atoms with Crippen LogP contribution >= 0.6 is 0 Å². The molecule has 0 aromatic carbocycles. The molecule has 2 atom stereocenters. The number of carbonyl (C=O) groups excluding carboxylic acids is 2. The number of hydrogen-bond acceptors (Lipinski definition) is 5. The van der Waals surface area contributed by atoms with E-state index in [1.165, 1.54) is 276 Å². The Hall–Kier alpha value is -1.66. The Labute approximate surface area is 431 Å². The van der Waals surface area contributed by atoms with E-state index in [1.807, 2.05) is 6.08 Å². The van der Waals surface area contributed by atoms with E-state index in [4.69, 9.17) is 4.74 Å². The summed E-state index contributed by atoms with van der Waals surface area (Å²) in [5, 5.41) is 23.1. The summed E-state index contributed by atoms with van der Waals surface area (Å²) in [6.07, 6.45) is 72.2. The lowest BCUT2D eigenvalue weighted by atomic mass is 10.0. The molecule has 0 saturated heterocycles. The minimum absolute atomic E-state index is 0.0146. The normalized spacial score (nSPS) is 12.7. The predicted octanol–water partition coefficient (Wildman–Crippen LogP) is 19.4. The van der Waals surface area contributed by atoms with Gasteiger partial charge in [-0.2, -0.15) is 0 Å². The van der Waals surface area contributed by atoms with E-state index in [9.17, 15) is 19.8 Å². The number of esters is 1. The van der Waals surface area contributed by atoms with Crippen molar-refractivity contribution in [2.75, 3.05) is 13.2 Å². The molecular formula is C63H121NO5. The highest BCUT2D eigenvalue weighted by Gasteiger charge is 2.18. The fourth-order valence-electron chi connectivity index (χ4n) is 9.69. The first-order valence-corrected chi connectivity index (χ1v) is 31.1. The zero-order chi connectivity index (χ0) is 50.0.